The Bertz CT molecular complexity index is 284. The molecule has 1 aromatic rings. The smallest absolute Gasteiger partial charge is 0.0452 e. The number of benzene rings is 1. The van der Waals surface area contributed by atoms with Crippen LogP contribution < -0.4 is 11.5 Å². The van der Waals surface area contributed by atoms with Gasteiger partial charge in [0, 0.05) is 16.6 Å². The van der Waals surface area contributed by atoms with Crippen LogP contribution in [-0.2, 0) is 6.42 Å². The highest BCUT2D eigenvalue weighted by molar-refractivity contribution is 7.98. The van der Waals surface area contributed by atoms with Crippen LogP contribution >= 0.6 is 11.8 Å². The molecule has 0 bridgehead atoms. The second kappa shape index (κ2) is 4.53. The highest BCUT2D eigenvalue weighted by atomic mass is 32.2. The number of nitrogens with two attached hydrogens (primary N) is 2. The van der Waals surface area contributed by atoms with Gasteiger partial charge in [-0.25, -0.2) is 0 Å². The molecule has 0 fully saturated rings. The summed E-state index contributed by atoms with van der Waals surface area (Å²) in [6.07, 6.45) is 2.94. The van der Waals surface area contributed by atoms with Gasteiger partial charge in [0.1, 0.15) is 0 Å². The van der Waals surface area contributed by atoms with Gasteiger partial charge >= 0.3 is 0 Å². The van der Waals surface area contributed by atoms with Crippen molar-refractivity contribution in [3.05, 3.63) is 23.8 Å². The maximum absolute atomic E-state index is 5.78. The van der Waals surface area contributed by atoms with Crippen LogP contribution in [0.2, 0.25) is 0 Å². The fourth-order valence-corrected chi connectivity index (χ4v) is 1.83. The van der Waals surface area contributed by atoms with Crippen molar-refractivity contribution in [3.63, 3.8) is 0 Å². The standard InChI is InChI=1S/C10H16N2S/c1-7(11)5-8-3-4-9(12)10(6-8)13-2/h3-4,6-7H,5,11-12H2,1-2H3. The Morgan fingerprint density at radius 2 is 2.15 bits per heavy atom. The molecule has 72 valence electrons. The Morgan fingerprint density at radius 3 is 2.69 bits per heavy atom. The zero-order valence-corrected chi connectivity index (χ0v) is 8.90. The van der Waals surface area contributed by atoms with E-state index in [-0.39, 0.29) is 6.04 Å². The molecule has 0 amide bonds. The van der Waals surface area contributed by atoms with Gasteiger partial charge in [0.25, 0.3) is 0 Å². The van der Waals surface area contributed by atoms with E-state index >= 15 is 0 Å². The molecule has 0 heterocycles. The molecule has 0 saturated heterocycles. The van der Waals surface area contributed by atoms with Crippen molar-refractivity contribution in [2.24, 2.45) is 5.73 Å². The van der Waals surface area contributed by atoms with Crippen molar-refractivity contribution < 1.29 is 0 Å². The van der Waals surface area contributed by atoms with E-state index in [0.717, 1.165) is 17.0 Å². The lowest BCUT2D eigenvalue weighted by molar-refractivity contribution is 0.737. The summed E-state index contributed by atoms with van der Waals surface area (Å²) in [4.78, 5) is 1.14. The van der Waals surface area contributed by atoms with E-state index in [0.29, 0.717) is 0 Å². The van der Waals surface area contributed by atoms with Gasteiger partial charge in [-0.3, -0.25) is 0 Å². The first kappa shape index (κ1) is 10.4. The van der Waals surface area contributed by atoms with Crippen molar-refractivity contribution in [2.75, 3.05) is 12.0 Å². The topological polar surface area (TPSA) is 52.0 Å². The molecule has 1 unspecified atom stereocenters. The molecule has 4 N–H and O–H groups in total. The minimum Gasteiger partial charge on any atom is -0.398 e. The summed E-state index contributed by atoms with van der Waals surface area (Å²) in [5, 5.41) is 0. The Labute approximate surface area is 83.7 Å². The Balaban J connectivity index is 2.86. The lowest BCUT2D eigenvalue weighted by Gasteiger charge is -2.08. The molecule has 1 rings (SSSR count). The van der Waals surface area contributed by atoms with Gasteiger partial charge in [-0.05, 0) is 37.3 Å². The van der Waals surface area contributed by atoms with Gasteiger partial charge in [0.15, 0.2) is 0 Å². The second-order valence-electron chi connectivity index (χ2n) is 3.26. The summed E-state index contributed by atoms with van der Waals surface area (Å²) < 4.78 is 0. The maximum atomic E-state index is 5.78. The fraction of sp³-hybridized carbons (Fsp3) is 0.400. The molecule has 0 aliphatic heterocycles. The third-order valence-electron chi connectivity index (χ3n) is 1.86. The molecular formula is C10H16N2S. The predicted molar refractivity (Wildman–Crippen MR) is 60.0 cm³/mol. The zero-order chi connectivity index (χ0) is 9.84. The molecule has 0 aliphatic carbocycles. The number of rotatable bonds is 3. The van der Waals surface area contributed by atoms with Crippen LogP contribution in [0.5, 0.6) is 0 Å². The van der Waals surface area contributed by atoms with E-state index in [1.54, 1.807) is 11.8 Å². The van der Waals surface area contributed by atoms with Gasteiger partial charge in [-0.2, -0.15) is 0 Å². The van der Waals surface area contributed by atoms with Gasteiger partial charge in [0.2, 0.25) is 0 Å². The summed E-state index contributed by atoms with van der Waals surface area (Å²) >= 11 is 1.67. The van der Waals surface area contributed by atoms with Gasteiger partial charge in [-0.1, -0.05) is 6.07 Å². The van der Waals surface area contributed by atoms with E-state index in [1.807, 2.05) is 25.3 Å². The van der Waals surface area contributed by atoms with Crippen molar-refractivity contribution >= 4 is 17.4 Å². The fourth-order valence-electron chi connectivity index (χ4n) is 1.25. The highest BCUT2D eigenvalue weighted by Gasteiger charge is 2.01. The van der Waals surface area contributed by atoms with E-state index in [9.17, 15) is 0 Å². The van der Waals surface area contributed by atoms with Crippen LogP contribution in [0.15, 0.2) is 23.1 Å². The largest absolute Gasteiger partial charge is 0.398 e. The molecule has 0 aromatic heterocycles. The van der Waals surface area contributed by atoms with Crippen LogP contribution in [0, 0.1) is 0 Å². The minimum atomic E-state index is 0.207. The van der Waals surface area contributed by atoms with Crippen molar-refractivity contribution in [1.82, 2.24) is 0 Å². The van der Waals surface area contributed by atoms with E-state index in [2.05, 4.69) is 6.07 Å². The molecule has 13 heavy (non-hydrogen) atoms. The Kier molecular flexibility index (Phi) is 3.63. The third-order valence-corrected chi connectivity index (χ3v) is 2.65. The first-order chi connectivity index (χ1) is 6.13. The average molecular weight is 196 g/mol. The average Bonchev–Trinajstić information content (AvgIpc) is 2.07. The predicted octanol–water partition coefficient (Wildman–Crippen LogP) is 1.88. The van der Waals surface area contributed by atoms with Crippen LogP contribution in [0.3, 0.4) is 0 Å². The number of thioether (sulfide) groups is 1. The second-order valence-corrected chi connectivity index (χ2v) is 4.11. The third kappa shape index (κ3) is 2.94. The molecule has 3 heteroatoms. The number of hydrogen-bond donors (Lipinski definition) is 2. The molecule has 0 spiro atoms. The Hall–Kier alpha value is -0.670. The monoisotopic (exact) mass is 196 g/mol. The maximum Gasteiger partial charge on any atom is 0.0452 e. The van der Waals surface area contributed by atoms with Gasteiger partial charge < -0.3 is 11.5 Å². The SMILES string of the molecule is CSc1cc(CC(C)N)ccc1N. The number of anilines is 1. The molecule has 0 radical (unpaired) electrons. The Morgan fingerprint density at radius 1 is 1.46 bits per heavy atom. The summed E-state index contributed by atoms with van der Waals surface area (Å²) in [6, 6.07) is 6.31. The van der Waals surface area contributed by atoms with Crippen LogP contribution in [0.1, 0.15) is 12.5 Å². The molecule has 0 aliphatic rings. The number of hydrogen-bond acceptors (Lipinski definition) is 3. The van der Waals surface area contributed by atoms with Crippen molar-refractivity contribution in [3.8, 4) is 0 Å². The summed E-state index contributed by atoms with van der Waals surface area (Å²) in [6.45, 7) is 2.01. The lowest BCUT2D eigenvalue weighted by Crippen LogP contribution is -2.17. The summed E-state index contributed by atoms with van der Waals surface area (Å²) in [5.41, 5.74) is 13.6. The summed E-state index contributed by atoms with van der Waals surface area (Å²) in [5.74, 6) is 0. The molecule has 1 atom stereocenters. The minimum absolute atomic E-state index is 0.207. The first-order valence-electron chi connectivity index (χ1n) is 4.31. The van der Waals surface area contributed by atoms with E-state index in [1.165, 1.54) is 5.56 Å². The number of nitrogen functional groups attached to an aromatic ring is 1. The normalized spacial score (nSPS) is 12.8. The van der Waals surface area contributed by atoms with Crippen LogP contribution in [-0.4, -0.2) is 12.3 Å². The van der Waals surface area contributed by atoms with E-state index < -0.39 is 0 Å². The van der Waals surface area contributed by atoms with Gasteiger partial charge in [-0.15, -0.1) is 11.8 Å². The molecule has 1 aromatic carbocycles. The summed E-state index contributed by atoms with van der Waals surface area (Å²) in [7, 11) is 0. The van der Waals surface area contributed by atoms with Gasteiger partial charge in [0.05, 0.1) is 0 Å². The molecular weight excluding hydrogens is 180 g/mol. The lowest BCUT2D eigenvalue weighted by atomic mass is 10.1. The quantitative estimate of drug-likeness (QED) is 0.573. The van der Waals surface area contributed by atoms with E-state index in [4.69, 9.17) is 11.5 Å². The molecule has 2 nitrogen and oxygen atoms in total. The van der Waals surface area contributed by atoms with Crippen LogP contribution in [0.4, 0.5) is 5.69 Å². The van der Waals surface area contributed by atoms with Crippen molar-refractivity contribution in [1.29, 1.82) is 0 Å². The zero-order valence-electron chi connectivity index (χ0n) is 8.08. The van der Waals surface area contributed by atoms with Crippen molar-refractivity contribution in [2.45, 2.75) is 24.3 Å². The molecule has 0 saturated carbocycles. The van der Waals surface area contributed by atoms with Crippen LogP contribution in [0.25, 0.3) is 0 Å². The first-order valence-corrected chi connectivity index (χ1v) is 5.54. The highest BCUT2D eigenvalue weighted by Crippen LogP contribution is 2.24.